The Balaban J connectivity index is 2.03. The average Bonchev–Trinajstić information content (AvgIpc) is 2.59. The number of aromatic nitrogens is 1. The second kappa shape index (κ2) is 8.39. The molecule has 0 spiro atoms. The molecule has 10 heteroatoms. The number of amides is 3. The van der Waals surface area contributed by atoms with Crippen molar-refractivity contribution in [3.05, 3.63) is 23.9 Å². The third kappa shape index (κ3) is 4.75. The van der Waals surface area contributed by atoms with Gasteiger partial charge in [-0.3, -0.25) is 4.79 Å². The molecule has 0 aliphatic carbocycles. The molecule has 3 amide bonds. The highest BCUT2D eigenvalue weighted by atomic mass is 19.3. The first-order valence-electron chi connectivity index (χ1n) is 7.26. The topological polar surface area (TPSA) is 92.8 Å². The van der Waals surface area contributed by atoms with Crippen LogP contribution in [0, 0.1) is 0 Å². The third-order valence-electron chi connectivity index (χ3n) is 3.41. The molecule has 1 saturated heterocycles. The van der Waals surface area contributed by atoms with Crippen LogP contribution in [0.25, 0.3) is 0 Å². The van der Waals surface area contributed by atoms with Crippen LogP contribution in [0.2, 0.25) is 0 Å². The van der Waals surface area contributed by atoms with Gasteiger partial charge in [0.15, 0.2) is 0 Å². The van der Waals surface area contributed by atoms with E-state index in [4.69, 9.17) is 4.74 Å². The number of halogens is 2. The number of nitrogens with zero attached hydrogens (tertiary/aromatic N) is 2. The number of nitrogens with one attached hydrogen (secondary N) is 2. The summed E-state index contributed by atoms with van der Waals surface area (Å²) in [4.78, 5) is 29.1. The molecule has 1 unspecified atom stereocenters. The van der Waals surface area contributed by atoms with Crippen LogP contribution in [-0.4, -0.2) is 67.8 Å². The number of alkyl halides is 2. The molecule has 2 rings (SSSR count). The van der Waals surface area contributed by atoms with Gasteiger partial charge in [0, 0.05) is 32.4 Å². The van der Waals surface area contributed by atoms with Crippen molar-refractivity contribution in [2.75, 3.05) is 33.4 Å². The molecule has 2 heterocycles. The zero-order valence-electron chi connectivity index (χ0n) is 13.0. The molecule has 1 aromatic rings. The normalized spacial score (nSPS) is 17.5. The Morgan fingerprint density at radius 1 is 1.50 bits per heavy atom. The molecule has 1 atom stereocenters. The summed E-state index contributed by atoms with van der Waals surface area (Å²) in [6.45, 7) is -1.73. The van der Waals surface area contributed by atoms with Crippen molar-refractivity contribution >= 4 is 11.9 Å². The smallest absolute Gasteiger partial charge is 0.388 e. The predicted octanol–water partition coefficient (Wildman–Crippen LogP) is 0.453. The largest absolute Gasteiger partial charge is 0.417 e. The molecule has 2 N–H and O–H groups in total. The second-order valence-corrected chi connectivity index (χ2v) is 4.95. The zero-order chi connectivity index (χ0) is 17.5. The van der Waals surface area contributed by atoms with Gasteiger partial charge in [-0.2, -0.15) is 8.78 Å². The number of hydrogen-bond donors (Lipinski definition) is 2. The van der Waals surface area contributed by atoms with Gasteiger partial charge in [0.05, 0.1) is 24.8 Å². The Morgan fingerprint density at radius 2 is 2.29 bits per heavy atom. The van der Waals surface area contributed by atoms with Gasteiger partial charge in [-0.25, -0.2) is 9.78 Å². The molecule has 8 nitrogen and oxygen atoms in total. The van der Waals surface area contributed by atoms with E-state index < -0.39 is 6.61 Å². The minimum absolute atomic E-state index is 0.228. The minimum atomic E-state index is -2.97. The van der Waals surface area contributed by atoms with Crippen LogP contribution in [0.15, 0.2) is 18.3 Å². The number of carbonyl (C=O) groups is 2. The Morgan fingerprint density at radius 3 is 2.92 bits per heavy atom. The van der Waals surface area contributed by atoms with Gasteiger partial charge in [-0.05, 0) is 6.07 Å². The van der Waals surface area contributed by atoms with Crippen molar-refractivity contribution in [3.63, 3.8) is 0 Å². The van der Waals surface area contributed by atoms with Gasteiger partial charge in [0.1, 0.15) is 0 Å². The molecule has 1 aliphatic rings. The highest BCUT2D eigenvalue weighted by Crippen LogP contribution is 2.15. The van der Waals surface area contributed by atoms with Crippen molar-refractivity contribution in [1.29, 1.82) is 0 Å². The Bertz CT molecular complexity index is 570. The maximum Gasteiger partial charge on any atom is 0.388 e. The summed E-state index contributed by atoms with van der Waals surface area (Å²) in [5.74, 6) is -0.584. The van der Waals surface area contributed by atoms with E-state index in [1.807, 2.05) is 0 Å². The van der Waals surface area contributed by atoms with Crippen LogP contribution >= 0.6 is 0 Å². The summed E-state index contributed by atoms with van der Waals surface area (Å²) in [5, 5.41) is 5.05. The number of ether oxygens (including phenoxy) is 2. The van der Waals surface area contributed by atoms with Gasteiger partial charge in [-0.1, -0.05) is 0 Å². The van der Waals surface area contributed by atoms with E-state index in [0.29, 0.717) is 13.2 Å². The first-order valence-corrected chi connectivity index (χ1v) is 7.26. The van der Waals surface area contributed by atoms with Crippen LogP contribution < -0.4 is 15.4 Å². The fourth-order valence-corrected chi connectivity index (χ4v) is 2.22. The highest BCUT2D eigenvalue weighted by Gasteiger charge is 2.28. The van der Waals surface area contributed by atoms with E-state index >= 15 is 0 Å². The Kier molecular flexibility index (Phi) is 6.24. The molecule has 1 aliphatic heterocycles. The van der Waals surface area contributed by atoms with Gasteiger partial charge in [0.2, 0.25) is 5.88 Å². The predicted molar refractivity (Wildman–Crippen MR) is 79.0 cm³/mol. The second-order valence-electron chi connectivity index (χ2n) is 4.95. The lowest BCUT2D eigenvalue weighted by atomic mass is 10.1. The van der Waals surface area contributed by atoms with Crippen molar-refractivity contribution in [3.8, 4) is 5.88 Å². The average molecular weight is 344 g/mol. The fourth-order valence-electron chi connectivity index (χ4n) is 2.22. The summed E-state index contributed by atoms with van der Waals surface area (Å²) < 4.78 is 33.7. The molecular formula is C14H18F2N4O4. The lowest BCUT2D eigenvalue weighted by Gasteiger charge is -2.35. The number of urea groups is 1. The summed E-state index contributed by atoms with van der Waals surface area (Å²) in [6.07, 6.45) is 1.18. The summed E-state index contributed by atoms with van der Waals surface area (Å²) >= 11 is 0. The molecule has 132 valence electrons. The Labute approximate surface area is 137 Å². The lowest BCUT2D eigenvalue weighted by Crippen LogP contribution is -2.54. The van der Waals surface area contributed by atoms with Crippen molar-refractivity contribution < 1.29 is 27.8 Å². The highest BCUT2D eigenvalue weighted by molar-refractivity contribution is 5.94. The quantitative estimate of drug-likeness (QED) is 0.809. The first-order chi connectivity index (χ1) is 11.5. The van der Waals surface area contributed by atoms with Crippen molar-refractivity contribution in [2.45, 2.75) is 12.7 Å². The molecule has 0 bridgehead atoms. The van der Waals surface area contributed by atoms with Crippen LogP contribution in [-0.2, 0) is 4.74 Å². The standard InChI is InChI=1S/C14H18F2N4O4/c1-17-14(22)19-7-10-8-23-5-4-20(10)12(21)9-2-3-11(18-6-9)24-13(15)16/h2-3,6,10,13H,4-5,7-8H2,1H3,(H2,17,19,22). The summed E-state index contributed by atoms with van der Waals surface area (Å²) in [7, 11) is 1.49. The maximum atomic E-state index is 12.6. The van der Waals surface area contributed by atoms with Crippen LogP contribution in [0.3, 0.4) is 0 Å². The minimum Gasteiger partial charge on any atom is -0.417 e. The van der Waals surface area contributed by atoms with Crippen molar-refractivity contribution in [1.82, 2.24) is 20.5 Å². The van der Waals surface area contributed by atoms with E-state index in [0.717, 1.165) is 0 Å². The molecule has 24 heavy (non-hydrogen) atoms. The lowest BCUT2D eigenvalue weighted by molar-refractivity contribution is -0.0528. The Hall–Kier alpha value is -2.49. The molecular weight excluding hydrogens is 326 g/mol. The number of hydrogen-bond acceptors (Lipinski definition) is 5. The number of rotatable bonds is 5. The molecule has 0 saturated carbocycles. The van der Waals surface area contributed by atoms with Crippen LogP contribution in [0.5, 0.6) is 5.88 Å². The van der Waals surface area contributed by atoms with Gasteiger partial charge < -0.3 is 25.0 Å². The first kappa shape index (κ1) is 17.9. The van der Waals surface area contributed by atoms with Gasteiger partial charge in [-0.15, -0.1) is 0 Å². The fraction of sp³-hybridized carbons (Fsp3) is 0.500. The zero-order valence-corrected chi connectivity index (χ0v) is 13.0. The summed E-state index contributed by atoms with van der Waals surface area (Å²) in [6, 6.07) is 1.88. The van der Waals surface area contributed by atoms with E-state index in [1.165, 1.54) is 25.4 Å². The monoisotopic (exact) mass is 344 g/mol. The molecule has 1 fully saturated rings. The van der Waals surface area contributed by atoms with Crippen LogP contribution in [0.1, 0.15) is 10.4 Å². The van der Waals surface area contributed by atoms with E-state index in [2.05, 4.69) is 20.4 Å². The van der Waals surface area contributed by atoms with E-state index in [9.17, 15) is 18.4 Å². The molecule has 0 radical (unpaired) electrons. The van der Waals surface area contributed by atoms with E-state index in [-0.39, 0.29) is 42.6 Å². The third-order valence-corrected chi connectivity index (χ3v) is 3.41. The van der Waals surface area contributed by atoms with Gasteiger partial charge >= 0.3 is 12.6 Å². The number of carbonyl (C=O) groups excluding carboxylic acids is 2. The number of pyridine rings is 1. The van der Waals surface area contributed by atoms with E-state index in [1.54, 1.807) is 4.90 Å². The van der Waals surface area contributed by atoms with Gasteiger partial charge in [0.25, 0.3) is 5.91 Å². The number of morpholine rings is 1. The van der Waals surface area contributed by atoms with Crippen molar-refractivity contribution in [2.24, 2.45) is 0 Å². The maximum absolute atomic E-state index is 12.6. The molecule has 0 aromatic carbocycles. The SMILES string of the molecule is CNC(=O)NCC1COCCN1C(=O)c1ccc(OC(F)F)nc1. The molecule has 1 aromatic heterocycles. The van der Waals surface area contributed by atoms with Crippen LogP contribution in [0.4, 0.5) is 13.6 Å². The summed E-state index contributed by atoms with van der Waals surface area (Å²) in [5.41, 5.74) is 0.239.